The van der Waals surface area contributed by atoms with Gasteiger partial charge in [0.15, 0.2) is 0 Å². The second-order valence-corrected chi connectivity index (χ2v) is 11.8. The van der Waals surface area contributed by atoms with E-state index in [2.05, 4.69) is 27.7 Å². The second-order valence-electron chi connectivity index (χ2n) is 11.8. The quantitative estimate of drug-likeness (QED) is 0.631. The van der Waals surface area contributed by atoms with Crippen LogP contribution in [0.2, 0.25) is 0 Å². The first-order chi connectivity index (χ1) is 13.6. The van der Waals surface area contributed by atoms with Crippen LogP contribution in [0.5, 0.6) is 0 Å². The van der Waals surface area contributed by atoms with Crippen molar-refractivity contribution in [1.82, 2.24) is 0 Å². The lowest BCUT2D eigenvalue weighted by molar-refractivity contribution is -0.189. The van der Waals surface area contributed by atoms with E-state index in [1.807, 2.05) is 0 Å². The predicted octanol–water partition coefficient (Wildman–Crippen LogP) is 4.72. The maximum Gasteiger partial charge on any atom is 0.303 e. The molecule has 4 saturated carbocycles. The van der Waals surface area contributed by atoms with Crippen LogP contribution in [0.25, 0.3) is 0 Å². The van der Waals surface area contributed by atoms with Crippen LogP contribution in [0.4, 0.5) is 0 Å². The maximum atomic E-state index is 11.3. The zero-order valence-electron chi connectivity index (χ0n) is 18.8. The van der Waals surface area contributed by atoms with Crippen LogP contribution in [-0.4, -0.2) is 33.5 Å². The molecule has 0 aliphatic heterocycles. The molecule has 0 spiro atoms. The lowest BCUT2D eigenvalue weighted by Crippen LogP contribution is -2.60. The number of rotatable bonds is 4. The van der Waals surface area contributed by atoms with Gasteiger partial charge in [-0.15, -0.1) is 0 Å². The molecule has 0 aromatic heterocycles. The fraction of sp³-hybridized carbons (Fsp3) is 0.960. The number of carbonyl (C=O) groups is 1. The molecule has 4 heteroatoms. The van der Waals surface area contributed by atoms with E-state index in [4.69, 9.17) is 5.11 Å². The van der Waals surface area contributed by atoms with Gasteiger partial charge in [0, 0.05) is 6.42 Å². The monoisotopic (exact) mass is 406 g/mol. The van der Waals surface area contributed by atoms with Gasteiger partial charge in [-0.05, 0) is 104 Å². The van der Waals surface area contributed by atoms with E-state index in [9.17, 15) is 15.0 Å². The van der Waals surface area contributed by atoms with Crippen molar-refractivity contribution in [2.45, 2.75) is 97.7 Å². The molecule has 0 aromatic rings. The Morgan fingerprint density at radius 2 is 1.79 bits per heavy atom. The second kappa shape index (κ2) is 7.51. The van der Waals surface area contributed by atoms with Crippen molar-refractivity contribution in [1.29, 1.82) is 0 Å². The van der Waals surface area contributed by atoms with Crippen molar-refractivity contribution in [3.63, 3.8) is 0 Å². The summed E-state index contributed by atoms with van der Waals surface area (Å²) in [6, 6.07) is 0. The molecule has 166 valence electrons. The number of hydrogen-bond acceptors (Lipinski definition) is 3. The summed E-state index contributed by atoms with van der Waals surface area (Å²) in [5.74, 6) is 2.84. The predicted molar refractivity (Wildman–Crippen MR) is 113 cm³/mol. The molecule has 0 aromatic carbocycles. The summed E-state index contributed by atoms with van der Waals surface area (Å²) in [6.45, 7) is 9.63. The number of carboxylic acid groups (broad SMARTS) is 1. The first-order valence-electron chi connectivity index (χ1n) is 12.2. The molecule has 4 fully saturated rings. The lowest BCUT2D eigenvalue weighted by atomic mass is 9.41. The van der Waals surface area contributed by atoms with E-state index in [-0.39, 0.29) is 29.5 Å². The highest BCUT2D eigenvalue weighted by Gasteiger charge is 2.64. The zero-order valence-corrected chi connectivity index (χ0v) is 18.8. The minimum absolute atomic E-state index is 0.186. The molecule has 4 nitrogen and oxygen atoms in total. The van der Waals surface area contributed by atoms with Gasteiger partial charge >= 0.3 is 5.97 Å². The molecule has 29 heavy (non-hydrogen) atoms. The van der Waals surface area contributed by atoms with Gasteiger partial charge in [0.25, 0.3) is 0 Å². The van der Waals surface area contributed by atoms with Gasteiger partial charge in [-0.2, -0.15) is 0 Å². The largest absolute Gasteiger partial charge is 0.481 e. The summed E-state index contributed by atoms with van der Waals surface area (Å²) in [7, 11) is 0. The first kappa shape index (κ1) is 21.6. The number of aliphatic hydroxyl groups is 2. The first-order valence-corrected chi connectivity index (χ1v) is 12.2. The fourth-order valence-electron chi connectivity index (χ4n) is 9.06. The van der Waals surface area contributed by atoms with E-state index in [1.165, 1.54) is 19.3 Å². The zero-order chi connectivity index (χ0) is 21.1. The Labute approximate surface area is 176 Å². The Kier molecular flexibility index (Phi) is 5.60. The van der Waals surface area contributed by atoms with Crippen LogP contribution in [-0.2, 0) is 4.79 Å². The summed E-state index contributed by atoms with van der Waals surface area (Å²) >= 11 is 0. The molecular formula is C25H42O4. The molecule has 0 heterocycles. The Morgan fingerprint density at radius 1 is 1.07 bits per heavy atom. The van der Waals surface area contributed by atoms with Crippen molar-refractivity contribution >= 4 is 5.97 Å². The number of fused-ring (bicyclic) bond motifs is 5. The van der Waals surface area contributed by atoms with Gasteiger partial charge in [0.1, 0.15) is 0 Å². The average molecular weight is 407 g/mol. The third kappa shape index (κ3) is 3.28. The normalized spacial score (nSPS) is 52.9. The Hall–Kier alpha value is -0.610. The highest BCUT2D eigenvalue weighted by molar-refractivity contribution is 5.66. The van der Waals surface area contributed by atoms with Gasteiger partial charge in [0.2, 0.25) is 0 Å². The molecular weight excluding hydrogens is 364 g/mol. The van der Waals surface area contributed by atoms with Crippen molar-refractivity contribution in [2.75, 3.05) is 0 Å². The SMILES string of the molecule is CC1CC2[C@@H]([C@@H](O)C[C@@H]3C[C@H](O)CCC23C)[C@@H]2CCC([C@H](C)CCC(=O)O)C12C. The highest BCUT2D eigenvalue weighted by atomic mass is 16.4. The highest BCUT2D eigenvalue weighted by Crippen LogP contribution is 2.69. The minimum Gasteiger partial charge on any atom is -0.481 e. The topological polar surface area (TPSA) is 77.8 Å². The molecule has 0 amide bonds. The minimum atomic E-state index is -0.686. The maximum absolute atomic E-state index is 11.3. The molecule has 11 atom stereocenters. The van der Waals surface area contributed by atoms with Crippen LogP contribution >= 0.6 is 0 Å². The summed E-state index contributed by atoms with van der Waals surface area (Å²) in [5, 5.41) is 30.7. The van der Waals surface area contributed by atoms with Crippen LogP contribution in [0.1, 0.15) is 85.5 Å². The standard InChI is InChI=1S/C25H42O4/c1-14(5-8-22(28)29)18-6-7-19-23-20(11-15(2)25(18,19)4)24(3)10-9-17(26)12-16(24)13-21(23)27/h14-21,23,26-27H,5-13H2,1-4H3,(H,28,29)/t14-,15?,16+,17-,18?,19+,20?,21+,23+,24?,25?/m1/s1. The van der Waals surface area contributed by atoms with Crippen LogP contribution in [0, 0.1) is 52.3 Å². The van der Waals surface area contributed by atoms with Crippen LogP contribution in [0.3, 0.4) is 0 Å². The molecule has 0 radical (unpaired) electrons. The van der Waals surface area contributed by atoms with Crippen molar-refractivity contribution in [2.24, 2.45) is 52.3 Å². The fourth-order valence-corrected chi connectivity index (χ4v) is 9.06. The van der Waals surface area contributed by atoms with E-state index in [1.54, 1.807) is 0 Å². The Bertz CT molecular complexity index is 634. The summed E-state index contributed by atoms with van der Waals surface area (Å²) in [5.41, 5.74) is 0.461. The van der Waals surface area contributed by atoms with Gasteiger partial charge in [-0.1, -0.05) is 27.7 Å². The number of hydrogen-bond donors (Lipinski definition) is 3. The van der Waals surface area contributed by atoms with Gasteiger partial charge in [-0.3, -0.25) is 4.79 Å². The molecule has 4 aliphatic rings. The van der Waals surface area contributed by atoms with Gasteiger partial charge in [-0.25, -0.2) is 0 Å². The summed E-state index contributed by atoms with van der Waals surface area (Å²) in [4.78, 5) is 11.1. The third-order valence-corrected chi connectivity index (χ3v) is 10.8. The molecule has 5 unspecified atom stereocenters. The van der Waals surface area contributed by atoms with Gasteiger partial charge in [0.05, 0.1) is 12.2 Å². The summed E-state index contributed by atoms with van der Waals surface area (Å²) in [6.07, 6.45) is 7.89. The molecule has 4 rings (SSSR count). The summed E-state index contributed by atoms with van der Waals surface area (Å²) < 4.78 is 0. The van der Waals surface area contributed by atoms with E-state index < -0.39 is 5.97 Å². The van der Waals surface area contributed by atoms with Crippen molar-refractivity contribution in [3.05, 3.63) is 0 Å². The number of aliphatic hydroxyl groups excluding tert-OH is 2. The molecule has 0 saturated heterocycles. The average Bonchev–Trinajstić information content (AvgIpc) is 3.01. The number of carboxylic acids is 1. The van der Waals surface area contributed by atoms with Gasteiger partial charge < -0.3 is 15.3 Å². The van der Waals surface area contributed by atoms with E-state index >= 15 is 0 Å². The van der Waals surface area contributed by atoms with Crippen LogP contribution < -0.4 is 0 Å². The number of aliphatic carboxylic acids is 1. The molecule has 4 aliphatic carbocycles. The third-order valence-electron chi connectivity index (χ3n) is 10.8. The molecule has 3 N–H and O–H groups in total. The Balaban J connectivity index is 1.61. The smallest absolute Gasteiger partial charge is 0.303 e. The Morgan fingerprint density at radius 3 is 2.48 bits per heavy atom. The van der Waals surface area contributed by atoms with Crippen molar-refractivity contribution in [3.8, 4) is 0 Å². The van der Waals surface area contributed by atoms with E-state index in [0.29, 0.717) is 41.4 Å². The molecule has 0 bridgehead atoms. The lowest BCUT2D eigenvalue weighted by Gasteiger charge is -2.64. The van der Waals surface area contributed by atoms with Crippen molar-refractivity contribution < 1.29 is 20.1 Å². The van der Waals surface area contributed by atoms with E-state index in [0.717, 1.165) is 32.1 Å². The van der Waals surface area contributed by atoms with Crippen LogP contribution in [0.15, 0.2) is 0 Å².